The van der Waals surface area contributed by atoms with Gasteiger partial charge in [0, 0.05) is 48.4 Å². The van der Waals surface area contributed by atoms with Crippen LogP contribution in [-0.2, 0) is 11.2 Å². The number of benzene rings is 1. The van der Waals surface area contributed by atoms with Crippen LogP contribution in [0.1, 0.15) is 44.0 Å². The monoisotopic (exact) mass is 436 g/mol. The minimum Gasteiger partial charge on any atom is -0.377 e. The Bertz CT molecular complexity index is 995. The van der Waals surface area contributed by atoms with Crippen molar-refractivity contribution in [1.29, 1.82) is 0 Å². The van der Waals surface area contributed by atoms with Crippen molar-refractivity contribution in [2.45, 2.75) is 51.2 Å². The quantitative estimate of drug-likeness (QED) is 0.766. The van der Waals surface area contributed by atoms with Gasteiger partial charge in [-0.3, -0.25) is 4.90 Å². The first-order chi connectivity index (χ1) is 15.5. The van der Waals surface area contributed by atoms with Gasteiger partial charge in [-0.1, -0.05) is 0 Å². The largest absolute Gasteiger partial charge is 0.377 e. The van der Waals surface area contributed by atoms with Crippen LogP contribution in [0.4, 0.5) is 16.3 Å². The van der Waals surface area contributed by atoms with E-state index in [0.29, 0.717) is 18.6 Å². The molecule has 2 bridgehead atoms. The molecule has 0 saturated carbocycles. The third-order valence-corrected chi connectivity index (χ3v) is 6.99. The maximum atomic E-state index is 11.8. The molecule has 2 N–H and O–H groups in total. The highest BCUT2D eigenvalue weighted by molar-refractivity contribution is 5.89. The highest BCUT2D eigenvalue weighted by atomic mass is 16.5. The van der Waals surface area contributed by atoms with E-state index in [0.717, 1.165) is 49.1 Å². The summed E-state index contributed by atoms with van der Waals surface area (Å²) in [7, 11) is 2.24. The van der Waals surface area contributed by atoms with Gasteiger partial charge in [0.1, 0.15) is 5.82 Å². The van der Waals surface area contributed by atoms with Gasteiger partial charge < -0.3 is 20.3 Å². The van der Waals surface area contributed by atoms with Crippen LogP contribution < -0.4 is 15.5 Å². The van der Waals surface area contributed by atoms with Gasteiger partial charge in [-0.25, -0.2) is 14.8 Å². The van der Waals surface area contributed by atoms with Gasteiger partial charge in [0.05, 0.1) is 24.9 Å². The van der Waals surface area contributed by atoms with Crippen LogP contribution in [0.25, 0.3) is 11.4 Å². The van der Waals surface area contributed by atoms with E-state index in [1.54, 1.807) is 0 Å². The summed E-state index contributed by atoms with van der Waals surface area (Å²) in [5.74, 6) is 1.83. The minimum absolute atomic E-state index is 0.200. The third kappa shape index (κ3) is 3.82. The summed E-state index contributed by atoms with van der Waals surface area (Å²) in [4.78, 5) is 26.9. The Balaban J connectivity index is 1.52. The number of likely N-dealkylation sites (N-methyl/N-ethyl adjacent to an activating group) is 1. The second kappa shape index (κ2) is 8.67. The smallest absolute Gasteiger partial charge is 0.319 e. The number of morpholine rings is 1. The molecule has 2 aromatic rings. The second-order valence-corrected chi connectivity index (χ2v) is 9.03. The number of carbonyl (C=O) groups excluding carboxylic acids is 1. The number of nitrogens with zero attached hydrogens (tertiary/aromatic N) is 4. The number of rotatable bonds is 4. The average Bonchev–Trinajstić information content (AvgIpc) is 3.02. The second-order valence-electron chi connectivity index (χ2n) is 9.03. The molecule has 8 nitrogen and oxygen atoms in total. The molecule has 2 amide bonds. The summed E-state index contributed by atoms with van der Waals surface area (Å²) in [5, 5.41) is 5.59. The van der Waals surface area contributed by atoms with Crippen molar-refractivity contribution in [3.63, 3.8) is 0 Å². The van der Waals surface area contributed by atoms with Gasteiger partial charge >= 0.3 is 6.03 Å². The summed E-state index contributed by atoms with van der Waals surface area (Å²) < 4.78 is 5.70. The number of fused-ring (bicyclic) bond motifs is 4. The molecule has 5 rings (SSSR count). The Hall–Kier alpha value is -2.71. The Kier molecular flexibility index (Phi) is 5.73. The predicted molar refractivity (Wildman–Crippen MR) is 125 cm³/mol. The Morgan fingerprint density at radius 1 is 1.22 bits per heavy atom. The molecule has 170 valence electrons. The lowest BCUT2D eigenvalue weighted by Gasteiger charge is -2.40. The Morgan fingerprint density at radius 3 is 2.78 bits per heavy atom. The van der Waals surface area contributed by atoms with E-state index in [9.17, 15) is 4.79 Å². The molecule has 4 heterocycles. The molecular formula is C24H32N6O2. The molecule has 3 aliphatic heterocycles. The zero-order valence-corrected chi connectivity index (χ0v) is 19.1. The standard InChI is InChI=1S/C24H32N6O2/c1-4-25-24(31)26-17-7-5-16(6-8-17)22-27-19-13-18-9-10-20(29(18)3)21(19)23(28-22)30-11-12-32-14-15(30)2/h5-8,15,18,20H,4,9-14H2,1-3H3,(H2,25,26,31)/t15-,18?,20?/m0/s1. The number of hydrogen-bond donors (Lipinski definition) is 2. The van der Waals surface area contributed by atoms with Gasteiger partial charge in [-0.2, -0.15) is 0 Å². The topological polar surface area (TPSA) is 82.6 Å². The van der Waals surface area contributed by atoms with E-state index < -0.39 is 0 Å². The van der Waals surface area contributed by atoms with E-state index in [1.165, 1.54) is 24.1 Å². The Labute approximate surface area is 189 Å². The van der Waals surface area contributed by atoms with Crippen LogP contribution in [0.5, 0.6) is 0 Å². The lowest BCUT2D eigenvalue weighted by Crippen LogP contribution is -2.46. The summed E-state index contributed by atoms with van der Waals surface area (Å²) in [6.45, 7) is 6.98. The van der Waals surface area contributed by atoms with Crippen molar-refractivity contribution in [3.8, 4) is 11.4 Å². The van der Waals surface area contributed by atoms with Crippen LogP contribution in [0.15, 0.2) is 24.3 Å². The van der Waals surface area contributed by atoms with Gasteiger partial charge in [0.2, 0.25) is 0 Å². The summed E-state index contributed by atoms with van der Waals surface area (Å²) in [6, 6.07) is 8.82. The van der Waals surface area contributed by atoms with E-state index in [-0.39, 0.29) is 12.1 Å². The summed E-state index contributed by atoms with van der Waals surface area (Å²) >= 11 is 0. The number of urea groups is 1. The fraction of sp³-hybridized carbons (Fsp3) is 0.542. The van der Waals surface area contributed by atoms with Crippen molar-refractivity contribution in [2.75, 3.05) is 43.6 Å². The van der Waals surface area contributed by atoms with E-state index >= 15 is 0 Å². The summed E-state index contributed by atoms with van der Waals surface area (Å²) in [5.41, 5.74) is 4.22. The van der Waals surface area contributed by atoms with Crippen LogP contribution in [0.2, 0.25) is 0 Å². The number of aromatic nitrogens is 2. The van der Waals surface area contributed by atoms with Crippen molar-refractivity contribution < 1.29 is 9.53 Å². The van der Waals surface area contributed by atoms with Crippen LogP contribution in [0, 0.1) is 0 Å². The van der Waals surface area contributed by atoms with Crippen molar-refractivity contribution in [3.05, 3.63) is 35.5 Å². The van der Waals surface area contributed by atoms with Crippen molar-refractivity contribution >= 4 is 17.5 Å². The Morgan fingerprint density at radius 2 is 2.03 bits per heavy atom. The maximum absolute atomic E-state index is 11.8. The number of carbonyl (C=O) groups is 1. The van der Waals surface area contributed by atoms with Gasteiger partial charge in [0.25, 0.3) is 0 Å². The molecule has 8 heteroatoms. The van der Waals surface area contributed by atoms with E-state index in [4.69, 9.17) is 14.7 Å². The molecule has 0 spiro atoms. The molecule has 3 atom stereocenters. The number of anilines is 2. The molecule has 2 fully saturated rings. The lowest BCUT2D eigenvalue weighted by molar-refractivity contribution is 0.0981. The first-order valence-corrected chi connectivity index (χ1v) is 11.7. The van der Waals surface area contributed by atoms with Crippen molar-refractivity contribution in [2.24, 2.45) is 0 Å². The molecule has 2 unspecified atom stereocenters. The molecule has 1 aromatic heterocycles. The zero-order chi connectivity index (χ0) is 22.2. The molecule has 0 radical (unpaired) electrons. The lowest BCUT2D eigenvalue weighted by atomic mass is 9.97. The fourth-order valence-electron chi connectivity index (χ4n) is 5.26. The summed E-state index contributed by atoms with van der Waals surface area (Å²) in [6.07, 6.45) is 3.36. The first-order valence-electron chi connectivity index (χ1n) is 11.7. The highest BCUT2D eigenvalue weighted by Crippen LogP contribution is 2.46. The first kappa shape index (κ1) is 21.2. The third-order valence-electron chi connectivity index (χ3n) is 6.99. The molecule has 2 saturated heterocycles. The number of nitrogens with one attached hydrogen (secondary N) is 2. The molecule has 3 aliphatic rings. The van der Waals surface area contributed by atoms with Crippen LogP contribution in [0.3, 0.4) is 0 Å². The van der Waals surface area contributed by atoms with Gasteiger partial charge in [-0.05, 0) is 58.0 Å². The molecule has 1 aromatic carbocycles. The number of ether oxygens (including phenoxy) is 1. The molecular weight excluding hydrogens is 404 g/mol. The minimum atomic E-state index is -0.200. The van der Waals surface area contributed by atoms with Crippen LogP contribution in [-0.4, -0.2) is 66.3 Å². The normalized spacial score (nSPS) is 24.8. The fourth-order valence-corrected chi connectivity index (χ4v) is 5.26. The molecule has 32 heavy (non-hydrogen) atoms. The number of amides is 2. The van der Waals surface area contributed by atoms with Gasteiger partial charge in [-0.15, -0.1) is 0 Å². The van der Waals surface area contributed by atoms with E-state index in [2.05, 4.69) is 34.4 Å². The van der Waals surface area contributed by atoms with E-state index in [1.807, 2.05) is 31.2 Å². The van der Waals surface area contributed by atoms with Crippen molar-refractivity contribution in [1.82, 2.24) is 20.2 Å². The SMILES string of the molecule is CCNC(=O)Nc1ccc(-c2nc3c(c(N4CCOC[C@@H]4C)n2)C2CCC(C3)N2C)cc1. The van der Waals surface area contributed by atoms with Crippen LogP contribution >= 0.6 is 0 Å². The number of hydrogen-bond acceptors (Lipinski definition) is 6. The predicted octanol–water partition coefficient (Wildman–Crippen LogP) is 3.20. The average molecular weight is 437 g/mol. The zero-order valence-electron chi connectivity index (χ0n) is 19.1. The highest BCUT2D eigenvalue weighted by Gasteiger charge is 2.42. The maximum Gasteiger partial charge on any atom is 0.319 e. The molecule has 0 aliphatic carbocycles. The van der Waals surface area contributed by atoms with Gasteiger partial charge in [0.15, 0.2) is 5.82 Å².